The monoisotopic (exact) mass is 241 g/mol. The van der Waals surface area contributed by atoms with Gasteiger partial charge in [0.1, 0.15) is 5.75 Å². The molecule has 0 saturated carbocycles. The molecule has 1 aromatic rings. The molecule has 0 fully saturated rings. The highest BCUT2D eigenvalue weighted by molar-refractivity contribution is 7.84. The number of hydrogen-bond donors (Lipinski definition) is 2. The Morgan fingerprint density at radius 3 is 2.38 bits per heavy atom. The minimum atomic E-state index is -0.738. The number of rotatable bonds is 5. The van der Waals surface area contributed by atoms with E-state index in [1.165, 1.54) is 0 Å². The van der Waals surface area contributed by atoms with E-state index < -0.39 is 10.8 Å². The summed E-state index contributed by atoms with van der Waals surface area (Å²) >= 11 is 0. The van der Waals surface area contributed by atoms with Crippen LogP contribution >= 0.6 is 0 Å². The molecule has 0 spiro atoms. The molecule has 0 amide bonds. The Hall–Kier alpha value is -0.870. The number of phenolic OH excluding ortho intramolecular Hbond substituents is 1. The summed E-state index contributed by atoms with van der Waals surface area (Å²) in [5.74, 6) is 1.05. The highest BCUT2D eigenvalue weighted by atomic mass is 32.2. The minimum Gasteiger partial charge on any atom is -0.507 e. The summed E-state index contributed by atoms with van der Waals surface area (Å²) < 4.78 is 10.8. The second kappa shape index (κ2) is 6.01. The van der Waals surface area contributed by atoms with Crippen molar-refractivity contribution in [2.75, 3.05) is 18.6 Å². The predicted octanol–water partition coefficient (Wildman–Crippen LogP) is 1.48. The van der Waals surface area contributed by atoms with Crippen molar-refractivity contribution in [1.29, 1.82) is 0 Å². The highest BCUT2D eigenvalue weighted by Gasteiger charge is 2.02. The molecule has 0 aromatic heterocycles. The van der Waals surface area contributed by atoms with Crippen LogP contribution in [0.3, 0.4) is 0 Å². The molecular formula is C12H19NO2S. The SMILES string of the molecule is Cc1cc(CNCCS(C)=O)cc(C)c1O. The van der Waals surface area contributed by atoms with E-state index in [1.807, 2.05) is 26.0 Å². The van der Waals surface area contributed by atoms with Gasteiger partial charge in [0.2, 0.25) is 0 Å². The molecule has 0 saturated heterocycles. The number of nitrogens with one attached hydrogen (secondary N) is 1. The van der Waals surface area contributed by atoms with E-state index in [4.69, 9.17) is 0 Å². The maximum Gasteiger partial charge on any atom is 0.121 e. The van der Waals surface area contributed by atoms with Gasteiger partial charge in [0, 0.05) is 35.9 Å². The Labute approximate surface area is 99.3 Å². The van der Waals surface area contributed by atoms with Crippen LogP contribution in [-0.2, 0) is 17.3 Å². The molecule has 1 rings (SSSR count). The summed E-state index contributed by atoms with van der Waals surface area (Å²) in [5, 5.41) is 12.8. The van der Waals surface area contributed by atoms with Crippen LogP contribution in [0.5, 0.6) is 5.75 Å². The van der Waals surface area contributed by atoms with E-state index in [-0.39, 0.29) is 0 Å². The summed E-state index contributed by atoms with van der Waals surface area (Å²) in [6, 6.07) is 3.94. The maximum atomic E-state index is 10.8. The smallest absolute Gasteiger partial charge is 0.121 e. The largest absolute Gasteiger partial charge is 0.507 e. The van der Waals surface area contributed by atoms with Gasteiger partial charge in [0.25, 0.3) is 0 Å². The zero-order valence-electron chi connectivity index (χ0n) is 10.0. The Bertz CT molecular complexity index is 368. The van der Waals surface area contributed by atoms with Gasteiger partial charge in [-0.05, 0) is 30.5 Å². The Morgan fingerprint density at radius 2 is 1.88 bits per heavy atom. The molecule has 4 heteroatoms. The third-order valence-electron chi connectivity index (χ3n) is 2.45. The first-order chi connectivity index (χ1) is 7.50. The van der Waals surface area contributed by atoms with Gasteiger partial charge in [-0.25, -0.2) is 0 Å². The number of aryl methyl sites for hydroxylation is 2. The fourth-order valence-electron chi connectivity index (χ4n) is 1.60. The average molecular weight is 241 g/mol. The molecule has 1 aromatic carbocycles. The zero-order chi connectivity index (χ0) is 12.1. The molecule has 0 aliphatic rings. The molecular weight excluding hydrogens is 222 g/mol. The van der Waals surface area contributed by atoms with Crippen LogP contribution in [0.4, 0.5) is 0 Å². The quantitative estimate of drug-likeness (QED) is 0.768. The normalized spacial score (nSPS) is 12.7. The van der Waals surface area contributed by atoms with Gasteiger partial charge in [-0.3, -0.25) is 4.21 Å². The lowest BCUT2D eigenvalue weighted by atomic mass is 10.1. The van der Waals surface area contributed by atoms with Crippen molar-refractivity contribution in [3.05, 3.63) is 28.8 Å². The summed E-state index contributed by atoms with van der Waals surface area (Å²) in [5.41, 5.74) is 2.95. The van der Waals surface area contributed by atoms with E-state index in [2.05, 4.69) is 5.32 Å². The maximum absolute atomic E-state index is 10.8. The number of aromatic hydroxyl groups is 1. The lowest BCUT2D eigenvalue weighted by molar-refractivity contribution is 0.466. The Morgan fingerprint density at radius 1 is 1.31 bits per heavy atom. The van der Waals surface area contributed by atoms with Gasteiger partial charge >= 0.3 is 0 Å². The van der Waals surface area contributed by atoms with Gasteiger partial charge in [-0.1, -0.05) is 12.1 Å². The molecule has 3 nitrogen and oxygen atoms in total. The first-order valence-corrected chi connectivity index (χ1v) is 7.03. The van der Waals surface area contributed by atoms with Crippen molar-refractivity contribution in [3.8, 4) is 5.75 Å². The van der Waals surface area contributed by atoms with Crippen LogP contribution in [0.2, 0.25) is 0 Å². The van der Waals surface area contributed by atoms with Gasteiger partial charge < -0.3 is 10.4 Å². The lowest BCUT2D eigenvalue weighted by Crippen LogP contribution is -2.19. The summed E-state index contributed by atoms with van der Waals surface area (Å²) in [6.45, 7) is 5.29. The van der Waals surface area contributed by atoms with Crippen LogP contribution in [0.15, 0.2) is 12.1 Å². The van der Waals surface area contributed by atoms with Crippen molar-refractivity contribution >= 4 is 10.8 Å². The van der Waals surface area contributed by atoms with E-state index in [0.29, 0.717) is 11.5 Å². The fraction of sp³-hybridized carbons (Fsp3) is 0.500. The molecule has 1 atom stereocenters. The van der Waals surface area contributed by atoms with Crippen LogP contribution in [-0.4, -0.2) is 27.9 Å². The number of benzene rings is 1. The first-order valence-electron chi connectivity index (χ1n) is 5.30. The summed E-state index contributed by atoms with van der Waals surface area (Å²) in [7, 11) is -0.738. The van der Waals surface area contributed by atoms with Crippen molar-refractivity contribution in [3.63, 3.8) is 0 Å². The average Bonchev–Trinajstić information content (AvgIpc) is 2.20. The number of phenols is 1. The van der Waals surface area contributed by atoms with Crippen LogP contribution in [0, 0.1) is 13.8 Å². The molecule has 16 heavy (non-hydrogen) atoms. The van der Waals surface area contributed by atoms with E-state index in [0.717, 1.165) is 29.8 Å². The molecule has 0 aliphatic heterocycles. The van der Waals surface area contributed by atoms with Gasteiger partial charge in [-0.2, -0.15) is 0 Å². The molecule has 90 valence electrons. The molecule has 0 aliphatic carbocycles. The van der Waals surface area contributed by atoms with Crippen LogP contribution in [0.25, 0.3) is 0 Å². The summed E-state index contributed by atoms with van der Waals surface area (Å²) in [6.07, 6.45) is 1.70. The predicted molar refractivity (Wildman–Crippen MR) is 68.2 cm³/mol. The minimum absolute atomic E-state index is 0.374. The number of hydrogen-bond acceptors (Lipinski definition) is 3. The molecule has 0 heterocycles. The van der Waals surface area contributed by atoms with Crippen molar-refractivity contribution in [2.24, 2.45) is 0 Å². The Kier molecular flexibility index (Phi) is 4.96. The molecule has 1 unspecified atom stereocenters. The van der Waals surface area contributed by atoms with E-state index in [1.54, 1.807) is 6.26 Å². The van der Waals surface area contributed by atoms with E-state index >= 15 is 0 Å². The van der Waals surface area contributed by atoms with Crippen molar-refractivity contribution < 1.29 is 9.32 Å². The van der Waals surface area contributed by atoms with Crippen molar-refractivity contribution in [2.45, 2.75) is 20.4 Å². The third-order valence-corrected chi connectivity index (χ3v) is 3.23. The first kappa shape index (κ1) is 13.2. The third kappa shape index (κ3) is 3.94. The standard InChI is InChI=1S/C12H19NO2S/c1-9-6-11(7-10(2)12(9)14)8-13-4-5-16(3)15/h6-7,13-14H,4-5,8H2,1-3H3. The van der Waals surface area contributed by atoms with Gasteiger partial charge in [0.05, 0.1) is 0 Å². The second-order valence-corrected chi connectivity index (χ2v) is 5.59. The van der Waals surface area contributed by atoms with Gasteiger partial charge in [0.15, 0.2) is 0 Å². The summed E-state index contributed by atoms with van der Waals surface area (Å²) in [4.78, 5) is 0. The van der Waals surface area contributed by atoms with Gasteiger partial charge in [-0.15, -0.1) is 0 Å². The second-order valence-electron chi connectivity index (χ2n) is 4.03. The van der Waals surface area contributed by atoms with Crippen molar-refractivity contribution in [1.82, 2.24) is 5.32 Å². The topological polar surface area (TPSA) is 49.3 Å². The Balaban J connectivity index is 2.52. The molecule has 0 bridgehead atoms. The fourth-order valence-corrected chi connectivity index (χ4v) is 2.03. The van der Waals surface area contributed by atoms with E-state index in [9.17, 15) is 9.32 Å². The lowest BCUT2D eigenvalue weighted by Gasteiger charge is -2.08. The molecule has 2 N–H and O–H groups in total. The van der Waals surface area contributed by atoms with Crippen LogP contribution < -0.4 is 5.32 Å². The zero-order valence-corrected chi connectivity index (χ0v) is 10.9. The molecule has 0 radical (unpaired) electrons. The van der Waals surface area contributed by atoms with Crippen LogP contribution in [0.1, 0.15) is 16.7 Å². The highest BCUT2D eigenvalue weighted by Crippen LogP contribution is 2.22.